The van der Waals surface area contributed by atoms with E-state index in [4.69, 9.17) is 0 Å². The molecule has 0 aliphatic heterocycles. The van der Waals surface area contributed by atoms with Gasteiger partial charge in [-0.3, -0.25) is 0 Å². The van der Waals surface area contributed by atoms with E-state index in [0.29, 0.717) is 0 Å². The molecular formula is C11H11F4NO. The number of carbonyl (C=O) groups excluding carboxylic acids is 1. The molecule has 1 rings (SSSR count). The Bertz CT molecular complexity index is 414. The minimum absolute atomic E-state index is 0.254. The minimum atomic E-state index is -5.07. The molecule has 0 atom stereocenters. The molecule has 0 spiro atoms. The summed E-state index contributed by atoms with van der Waals surface area (Å²) in [6.07, 6.45) is -7.61. The van der Waals surface area contributed by atoms with Crippen LogP contribution in [0.3, 0.4) is 0 Å². The van der Waals surface area contributed by atoms with Gasteiger partial charge in [0.15, 0.2) is 0 Å². The smallest absolute Gasteiger partial charge is 0.233 e. The summed E-state index contributed by atoms with van der Waals surface area (Å²) in [5.41, 5.74) is -0.210. The van der Waals surface area contributed by atoms with E-state index in [9.17, 15) is 22.4 Å². The molecule has 17 heavy (non-hydrogen) atoms. The molecule has 0 heterocycles. The topological polar surface area (TPSA) is 20.3 Å². The lowest BCUT2D eigenvalue weighted by Crippen LogP contribution is -2.41. The van der Waals surface area contributed by atoms with E-state index in [0.717, 1.165) is 6.07 Å². The number of hydrogen-bond donors (Lipinski definition) is 0. The van der Waals surface area contributed by atoms with Gasteiger partial charge in [0, 0.05) is 0 Å². The Hall–Kier alpha value is -1.59. The van der Waals surface area contributed by atoms with Crippen LogP contribution in [0.15, 0.2) is 24.3 Å². The molecule has 0 saturated heterocycles. The Balaban J connectivity index is 3.34. The van der Waals surface area contributed by atoms with E-state index in [1.54, 1.807) is 13.8 Å². The van der Waals surface area contributed by atoms with Crippen molar-refractivity contribution >= 4 is 11.8 Å². The van der Waals surface area contributed by atoms with Crippen molar-refractivity contribution in [2.75, 3.05) is 4.90 Å². The SMILES string of the molecule is CC(C)c1ccccc1N(C(=O)F)C(F)(F)F. The third kappa shape index (κ3) is 2.95. The van der Waals surface area contributed by atoms with Gasteiger partial charge in [-0.15, -0.1) is 17.6 Å². The van der Waals surface area contributed by atoms with Gasteiger partial charge in [-0.2, -0.15) is 4.90 Å². The monoisotopic (exact) mass is 249 g/mol. The van der Waals surface area contributed by atoms with Crippen molar-refractivity contribution in [1.82, 2.24) is 0 Å². The van der Waals surface area contributed by atoms with Crippen LogP contribution in [0.2, 0.25) is 0 Å². The molecule has 2 nitrogen and oxygen atoms in total. The molecule has 1 aromatic carbocycles. The molecule has 94 valence electrons. The fourth-order valence-electron chi connectivity index (χ4n) is 1.51. The van der Waals surface area contributed by atoms with Crippen molar-refractivity contribution in [1.29, 1.82) is 0 Å². The largest absolute Gasteiger partial charge is 0.493 e. The summed E-state index contributed by atoms with van der Waals surface area (Å²) < 4.78 is 50.3. The van der Waals surface area contributed by atoms with Crippen LogP contribution in [0.4, 0.5) is 28.0 Å². The molecule has 0 unspecified atom stereocenters. The van der Waals surface area contributed by atoms with Crippen LogP contribution in [0, 0.1) is 0 Å². The van der Waals surface area contributed by atoms with E-state index >= 15 is 0 Å². The third-order valence-electron chi connectivity index (χ3n) is 2.23. The van der Waals surface area contributed by atoms with E-state index in [1.807, 2.05) is 0 Å². The van der Waals surface area contributed by atoms with Gasteiger partial charge in [-0.1, -0.05) is 32.0 Å². The first-order valence-electron chi connectivity index (χ1n) is 4.90. The van der Waals surface area contributed by atoms with E-state index in [2.05, 4.69) is 0 Å². The zero-order valence-electron chi connectivity index (χ0n) is 9.25. The summed E-state index contributed by atoms with van der Waals surface area (Å²) in [7, 11) is 0. The van der Waals surface area contributed by atoms with Crippen LogP contribution >= 0.6 is 0 Å². The molecule has 1 amide bonds. The summed E-state index contributed by atoms with van der Waals surface area (Å²) in [6, 6.07) is 5.36. The van der Waals surface area contributed by atoms with Gasteiger partial charge in [0.1, 0.15) is 0 Å². The summed E-state index contributed by atoms with van der Waals surface area (Å²) in [5, 5.41) is 0. The molecule has 0 bridgehead atoms. The molecule has 0 radical (unpaired) electrons. The summed E-state index contributed by atoms with van der Waals surface area (Å²) >= 11 is 0. The van der Waals surface area contributed by atoms with Crippen LogP contribution in [-0.4, -0.2) is 12.5 Å². The number of carbonyl (C=O) groups is 1. The van der Waals surface area contributed by atoms with E-state index in [1.165, 1.54) is 18.2 Å². The molecule has 0 aromatic heterocycles. The van der Waals surface area contributed by atoms with Crippen LogP contribution in [0.5, 0.6) is 0 Å². The number of halogens is 4. The van der Waals surface area contributed by atoms with Gasteiger partial charge in [0.2, 0.25) is 0 Å². The number of para-hydroxylation sites is 1. The Morgan fingerprint density at radius 2 is 1.76 bits per heavy atom. The summed E-state index contributed by atoms with van der Waals surface area (Å²) in [4.78, 5) is 9.72. The molecule has 0 aliphatic carbocycles. The maximum Gasteiger partial charge on any atom is 0.493 e. The maximum absolute atomic E-state index is 12.6. The van der Waals surface area contributed by atoms with Gasteiger partial charge in [-0.05, 0) is 17.5 Å². The first-order chi connectivity index (χ1) is 7.75. The van der Waals surface area contributed by atoms with Crippen molar-refractivity contribution in [3.8, 4) is 0 Å². The molecule has 0 fully saturated rings. The number of rotatable bonds is 2. The fraction of sp³-hybridized carbons (Fsp3) is 0.364. The van der Waals surface area contributed by atoms with Crippen molar-refractivity contribution in [2.45, 2.75) is 26.1 Å². The van der Waals surface area contributed by atoms with Gasteiger partial charge in [-0.25, -0.2) is 4.79 Å². The van der Waals surface area contributed by atoms with Gasteiger partial charge in [0.05, 0.1) is 5.69 Å². The van der Waals surface area contributed by atoms with Crippen LogP contribution < -0.4 is 4.90 Å². The number of benzene rings is 1. The number of anilines is 1. The van der Waals surface area contributed by atoms with Crippen molar-refractivity contribution in [3.05, 3.63) is 29.8 Å². The average Bonchev–Trinajstić information content (AvgIpc) is 2.15. The lowest BCUT2D eigenvalue weighted by atomic mass is 10.0. The second-order valence-corrected chi connectivity index (χ2v) is 3.77. The second kappa shape index (κ2) is 4.73. The molecule has 6 heteroatoms. The van der Waals surface area contributed by atoms with Gasteiger partial charge >= 0.3 is 12.5 Å². The first-order valence-corrected chi connectivity index (χ1v) is 4.90. The predicted octanol–water partition coefficient (Wildman–Crippen LogP) is 4.23. The molecule has 0 aliphatic rings. The van der Waals surface area contributed by atoms with Crippen LogP contribution in [-0.2, 0) is 0 Å². The molecule has 0 saturated carbocycles. The highest BCUT2D eigenvalue weighted by molar-refractivity contribution is 5.88. The fourth-order valence-corrected chi connectivity index (χ4v) is 1.51. The highest BCUT2D eigenvalue weighted by atomic mass is 19.4. The zero-order valence-corrected chi connectivity index (χ0v) is 9.25. The third-order valence-corrected chi connectivity index (χ3v) is 2.23. The Kier molecular flexibility index (Phi) is 3.75. The number of hydrogen-bond acceptors (Lipinski definition) is 1. The minimum Gasteiger partial charge on any atom is -0.233 e. The number of amides is 1. The van der Waals surface area contributed by atoms with E-state index in [-0.39, 0.29) is 11.5 Å². The standard InChI is InChI=1S/C11H11F4NO/c1-7(2)8-5-3-4-6-9(8)16(10(12)17)11(13,14)15/h3-7H,1-2H3. The van der Waals surface area contributed by atoms with E-state index < -0.39 is 23.0 Å². The summed E-state index contributed by atoms with van der Waals surface area (Å²) in [6.45, 7) is 3.33. The van der Waals surface area contributed by atoms with Crippen molar-refractivity contribution < 1.29 is 22.4 Å². The molecule has 1 aromatic rings. The van der Waals surface area contributed by atoms with Gasteiger partial charge in [0.25, 0.3) is 0 Å². The number of nitrogens with zero attached hydrogens (tertiary/aromatic N) is 1. The normalized spacial score (nSPS) is 11.7. The Morgan fingerprint density at radius 3 is 2.18 bits per heavy atom. The lowest BCUT2D eigenvalue weighted by Gasteiger charge is -2.24. The number of alkyl halides is 3. The highest BCUT2D eigenvalue weighted by Crippen LogP contribution is 2.34. The van der Waals surface area contributed by atoms with Crippen LogP contribution in [0.1, 0.15) is 25.3 Å². The van der Waals surface area contributed by atoms with Gasteiger partial charge < -0.3 is 0 Å². The lowest BCUT2D eigenvalue weighted by molar-refractivity contribution is -0.122. The highest BCUT2D eigenvalue weighted by Gasteiger charge is 2.43. The molecule has 0 N–H and O–H groups in total. The first kappa shape index (κ1) is 13.5. The average molecular weight is 249 g/mol. The Labute approximate surface area is 95.8 Å². The maximum atomic E-state index is 12.6. The molecular weight excluding hydrogens is 238 g/mol. The predicted molar refractivity (Wildman–Crippen MR) is 55.6 cm³/mol. The van der Waals surface area contributed by atoms with Crippen molar-refractivity contribution in [2.24, 2.45) is 0 Å². The van der Waals surface area contributed by atoms with Crippen molar-refractivity contribution in [3.63, 3.8) is 0 Å². The van der Waals surface area contributed by atoms with Crippen LogP contribution in [0.25, 0.3) is 0 Å². The quantitative estimate of drug-likeness (QED) is 0.436. The summed E-state index contributed by atoms with van der Waals surface area (Å²) in [5.74, 6) is -0.254. The Morgan fingerprint density at radius 1 is 1.24 bits per heavy atom. The second-order valence-electron chi connectivity index (χ2n) is 3.77. The zero-order chi connectivity index (χ0) is 13.2.